The van der Waals surface area contributed by atoms with Gasteiger partial charge >= 0.3 is 18.3 Å². The molecule has 0 amide bonds. The van der Waals surface area contributed by atoms with Crippen molar-refractivity contribution < 1.29 is 36.2 Å². The van der Waals surface area contributed by atoms with E-state index in [1.54, 1.807) is 4.68 Å². The predicted molar refractivity (Wildman–Crippen MR) is 96.5 cm³/mol. The number of nitrogens with one attached hydrogen (secondary N) is 2. The Morgan fingerprint density at radius 1 is 1.32 bits per heavy atom. The van der Waals surface area contributed by atoms with Crippen molar-refractivity contribution in [1.82, 2.24) is 25.1 Å². The number of piperidine rings is 1. The van der Waals surface area contributed by atoms with Crippen LogP contribution in [0.2, 0.25) is 0 Å². The number of aromatic amines is 1. The molecule has 0 aromatic carbocycles. The van der Waals surface area contributed by atoms with Crippen LogP contribution in [0, 0.1) is 5.92 Å². The third-order valence-corrected chi connectivity index (χ3v) is 4.77. The van der Waals surface area contributed by atoms with Gasteiger partial charge in [-0.25, -0.2) is 14.5 Å². The van der Waals surface area contributed by atoms with Crippen molar-refractivity contribution in [3.63, 3.8) is 0 Å². The maximum Gasteiger partial charge on any atom is 0.490 e. The Labute approximate surface area is 171 Å². The second kappa shape index (κ2) is 9.66. The molecule has 2 aromatic heterocycles. The largest absolute Gasteiger partial charge is 0.490 e. The van der Waals surface area contributed by atoms with Crippen LogP contribution in [-0.2, 0) is 11.2 Å². The summed E-state index contributed by atoms with van der Waals surface area (Å²) >= 11 is 0. The van der Waals surface area contributed by atoms with Gasteiger partial charge in [-0.1, -0.05) is 6.92 Å². The maximum absolute atomic E-state index is 13.0. The molecule has 14 heteroatoms. The number of rotatable bonds is 4. The Morgan fingerprint density at radius 3 is 2.45 bits per heavy atom. The highest BCUT2D eigenvalue weighted by molar-refractivity contribution is 5.73. The summed E-state index contributed by atoms with van der Waals surface area (Å²) < 4.78 is 72.4. The number of hydrogen-bond donors (Lipinski definition) is 3. The lowest BCUT2D eigenvalue weighted by Crippen LogP contribution is -2.32. The Bertz CT molecular complexity index is 946. The van der Waals surface area contributed by atoms with E-state index in [0.29, 0.717) is 17.6 Å². The molecule has 0 radical (unpaired) electrons. The average molecular weight is 457 g/mol. The van der Waals surface area contributed by atoms with E-state index in [4.69, 9.17) is 9.90 Å². The molecule has 3 heterocycles. The molecule has 1 fully saturated rings. The third kappa shape index (κ3) is 6.42. The number of H-pyrrole nitrogens is 1. The number of halogens is 6. The fraction of sp³-hybridized carbons (Fsp3) is 0.647. The number of fused-ring (bicyclic) bond motifs is 1. The van der Waals surface area contributed by atoms with Gasteiger partial charge in [-0.05, 0) is 25.8 Å². The van der Waals surface area contributed by atoms with E-state index in [1.165, 1.54) is 13.1 Å². The molecule has 1 saturated heterocycles. The molecule has 2 atom stereocenters. The quantitative estimate of drug-likeness (QED) is 0.609. The monoisotopic (exact) mass is 457 g/mol. The number of hydrogen-bond acceptors (Lipinski definition) is 5. The molecule has 3 rings (SSSR count). The first-order chi connectivity index (χ1) is 14.3. The van der Waals surface area contributed by atoms with Gasteiger partial charge in [-0.15, -0.1) is 0 Å². The molecule has 0 aliphatic carbocycles. The lowest BCUT2D eigenvalue weighted by atomic mass is 10.0. The highest BCUT2D eigenvalue weighted by Gasteiger charge is 2.39. The van der Waals surface area contributed by atoms with Crippen LogP contribution in [0.1, 0.15) is 38.1 Å². The van der Waals surface area contributed by atoms with Gasteiger partial charge in [0.25, 0.3) is 5.56 Å². The van der Waals surface area contributed by atoms with Crippen LogP contribution in [0.15, 0.2) is 11.0 Å². The molecule has 3 N–H and O–H groups in total. The summed E-state index contributed by atoms with van der Waals surface area (Å²) in [5.41, 5.74) is -0.0819. The van der Waals surface area contributed by atoms with Gasteiger partial charge in [-0.3, -0.25) is 4.79 Å². The molecule has 2 aromatic rings. The van der Waals surface area contributed by atoms with Crippen LogP contribution in [0.4, 0.5) is 26.3 Å². The zero-order valence-corrected chi connectivity index (χ0v) is 16.3. The summed E-state index contributed by atoms with van der Waals surface area (Å²) in [6.45, 7) is 3.12. The van der Waals surface area contributed by atoms with Gasteiger partial charge < -0.3 is 15.4 Å². The van der Waals surface area contributed by atoms with E-state index in [9.17, 15) is 31.1 Å². The van der Waals surface area contributed by atoms with Gasteiger partial charge in [0.05, 0.1) is 18.2 Å². The van der Waals surface area contributed by atoms with Crippen LogP contribution in [0.5, 0.6) is 0 Å². The molecular formula is C17H21F6N5O3. The normalized spacial score (nSPS) is 18.4. The fourth-order valence-electron chi connectivity index (χ4n) is 3.11. The zero-order chi connectivity index (χ0) is 23.4. The van der Waals surface area contributed by atoms with E-state index in [1.807, 2.05) is 0 Å². The Balaban J connectivity index is 0.000000423. The fourth-order valence-corrected chi connectivity index (χ4v) is 3.11. The number of carbonyl (C=O) groups is 1. The van der Waals surface area contributed by atoms with Crippen molar-refractivity contribution in [2.75, 3.05) is 13.1 Å². The van der Waals surface area contributed by atoms with Crippen LogP contribution < -0.4 is 10.9 Å². The number of aromatic nitrogens is 4. The van der Waals surface area contributed by atoms with Crippen molar-refractivity contribution in [3.8, 4) is 0 Å². The standard InChI is InChI=1S/C15H20F3N5O.C2HF3O2/c1-2-9(15(16,17)18)6-12-21-13-11(14(24)22-12)8-20-23(13)10-4-3-5-19-7-10;3-2(4,5)1(6)7/h8-10,19H,2-7H2,1H3,(H,21,22,24);(H,6,7). The van der Waals surface area contributed by atoms with Gasteiger partial charge in [0.2, 0.25) is 0 Å². The van der Waals surface area contributed by atoms with E-state index in [0.717, 1.165) is 19.4 Å². The smallest absolute Gasteiger partial charge is 0.475 e. The number of nitrogens with zero attached hydrogens (tertiary/aromatic N) is 3. The summed E-state index contributed by atoms with van der Waals surface area (Å²) in [6.07, 6.45) is -6.48. The van der Waals surface area contributed by atoms with Crippen molar-refractivity contribution in [2.45, 2.75) is 51.0 Å². The minimum Gasteiger partial charge on any atom is -0.475 e. The summed E-state index contributed by atoms with van der Waals surface area (Å²) in [5, 5.41) is 14.9. The second-order valence-electron chi connectivity index (χ2n) is 6.99. The van der Waals surface area contributed by atoms with Gasteiger partial charge in [0.1, 0.15) is 11.2 Å². The topological polar surface area (TPSA) is 113 Å². The maximum atomic E-state index is 13.0. The van der Waals surface area contributed by atoms with Crippen molar-refractivity contribution in [3.05, 3.63) is 22.4 Å². The lowest BCUT2D eigenvalue weighted by molar-refractivity contribution is -0.192. The molecule has 0 saturated carbocycles. The molecule has 1 aliphatic rings. The Kier molecular flexibility index (Phi) is 7.68. The van der Waals surface area contributed by atoms with Crippen LogP contribution in [-0.4, -0.2) is 56.3 Å². The minimum absolute atomic E-state index is 0.0576. The summed E-state index contributed by atoms with van der Waals surface area (Å²) in [7, 11) is 0. The number of aliphatic carboxylic acids is 1. The first-order valence-corrected chi connectivity index (χ1v) is 9.38. The first-order valence-electron chi connectivity index (χ1n) is 9.38. The Hall–Kier alpha value is -2.64. The Morgan fingerprint density at radius 2 is 1.97 bits per heavy atom. The van der Waals surface area contributed by atoms with Gasteiger partial charge in [0, 0.05) is 13.0 Å². The van der Waals surface area contributed by atoms with Gasteiger partial charge in [-0.2, -0.15) is 31.4 Å². The van der Waals surface area contributed by atoms with Gasteiger partial charge in [0.15, 0.2) is 5.65 Å². The molecule has 31 heavy (non-hydrogen) atoms. The van der Waals surface area contributed by atoms with Crippen molar-refractivity contribution in [1.29, 1.82) is 0 Å². The SMILES string of the molecule is CCC(Cc1nc2c(cnn2C2CCCNC2)c(=O)[nH]1)C(F)(F)F.O=C(O)C(F)(F)F. The summed E-state index contributed by atoms with van der Waals surface area (Å²) in [4.78, 5) is 27.8. The van der Waals surface area contributed by atoms with Crippen molar-refractivity contribution >= 4 is 17.0 Å². The number of alkyl halides is 6. The molecule has 0 spiro atoms. The molecule has 0 bridgehead atoms. The molecule has 8 nitrogen and oxygen atoms in total. The molecule has 2 unspecified atom stereocenters. The number of carboxylic acid groups (broad SMARTS) is 1. The number of carboxylic acids is 1. The van der Waals surface area contributed by atoms with E-state index in [2.05, 4.69) is 20.4 Å². The van der Waals surface area contributed by atoms with Crippen LogP contribution in [0.25, 0.3) is 11.0 Å². The molecule has 174 valence electrons. The lowest BCUT2D eigenvalue weighted by Gasteiger charge is -2.23. The minimum atomic E-state index is -5.08. The summed E-state index contributed by atoms with van der Waals surface area (Å²) in [6, 6.07) is 0.0583. The van der Waals surface area contributed by atoms with E-state index >= 15 is 0 Å². The van der Waals surface area contributed by atoms with Crippen molar-refractivity contribution in [2.24, 2.45) is 5.92 Å². The highest BCUT2D eigenvalue weighted by atomic mass is 19.4. The van der Waals surface area contributed by atoms with Crippen LogP contribution in [0.3, 0.4) is 0 Å². The average Bonchev–Trinajstić information content (AvgIpc) is 3.10. The van der Waals surface area contributed by atoms with E-state index < -0.39 is 29.8 Å². The summed E-state index contributed by atoms with van der Waals surface area (Å²) in [5.74, 6) is -4.22. The first kappa shape index (κ1) is 24.6. The molecule has 1 aliphatic heterocycles. The highest BCUT2D eigenvalue weighted by Crippen LogP contribution is 2.31. The predicted octanol–water partition coefficient (Wildman–Crippen LogP) is 2.81. The third-order valence-electron chi connectivity index (χ3n) is 4.77. The second-order valence-corrected chi connectivity index (χ2v) is 6.99. The van der Waals surface area contributed by atoms with Crippen LogP contribution >= 0.6 is 0 Å². The zero-order valence-electron chi connectivity index (χ0n) is 16.3. The molecular weight excluding hydrogens is 436 g/mol. The van der Waals surface area contributed by atoms with E-state index in [-0.39, 0.29) is 24.7 Å².